The van der Waals surface area contributed by atoms with E-state index in [2.05, 4.69) is 12.2 Å². The van der Waals surface area contributed by atoms with Crippen LogP contribution in [0.25, 0.3) is 0 Å². The van der Waals surface area contributed by atoms with E-state index in [9.17, 15) is 19.5 Å². The number of rotatable bonds is 5. The van der Waals surface area contributed by atoms with Crippen LogP contribution < -0.4 is 16.2 Å². The second-order valence-corrected chi connectivity index (χ2v) is 8.50. The van der Waals surface area contributed by atoms with E-state index in [4.69, 9.17) is 5.73 Å². The first-order valence-electron chi connectivity index (χ1n) is 9.38. The van der Waals surface area contributed by atoms with E-state index in [-0.39, 0.29) is 5.91 Å². The monoisotopic (exact) mass is 377 g/mol. The third-order valence-electron chi connectivity index (χ3n) is 5.83. The summed E-state index contributed by atoms with van der Waals surface area (Å²) in [6.07, 6.45) is 6.40. The van der Waals surface area contributed by atoms with Crippen LogP contribution in [0.5, 0.6) is 0 Å². The topological polar surface area (TPSA) is 112 Å². The average Bonchev–Trinajstić information content (AvgIpc) is 2.98. The number of carbonyl (C=O) groups excluding carboxylic acids is 3. The van der Waals surface area contributed by atoms with Gasteiger partial charge in [-0.3, -0.25) is 9.59 Å². The van der Waals surface area contributed by atoms with Crippen molar-refractivity contribution < 1.29 is 19.5 Å². The number of thiophene rings is 1. The van der Waals surface area contributed by atoms with Crippen LogP contribution in [0, 0.1) is 17.8 Å². The Bertz CT molecular complexity index is 727. The fraction of sp³-hybridized carbons (Fsp3) is 0.632. The van der Waals surface area contributed by atoms with Crippen molar-refractivity contribution in [3.63, 3.8) is 0 Å². The van der Waals surface area contributed by atoms with Gasteiger partial charge < -0.3 is 21.0 Å². The van der Waals surface area contributed by atoms with Gasteiger partial charge in [0.25, 0.3) is 5.91 Å². The molecule has 0 saturated heterocycles. The summed E-state index contributed by atoms with van der Waals surface area (Å²) in [5, 5.41) is 14.7. The fourth-order valence-corrected chi connectivity index (χ4v) is 5.65. The van der Waals surface area contributed by atoms with E-state index >= 15 is 0 Å². The highest BCUT2D eigenvalue weighted by molar-refractivity contribution is 7.17. The SMILES string of the molecule is CC[C@@H]1CCc2c(sc(NC(=O)[C@@H]3CCCC[C@@H]3C(=O)[O-])c2C(N)=O)C1. The van der Waals surface area contributed by atoms with Crippen molar-refractivity contribution in [3.8, 4) is 0 Å². The highest BCUT2D eigenvalue weighted by Crippen LogP contribution is 2.41. The first-order valence-corrected chi connectivity index (χ1v) is 10.2. The molecule has 1 heterocycles. The second-order valence-electron chi connectivity index (χ2n) is 7.39. The number of hydrogen-bond donors (Lipinski definition) is 2. The lowest BCUT2D eigenvalue weighted by molar-refractivity contribution is -0.313. The molecule has 6 nitrogen and oxygen atoms in total. The molecule has 142 valence electrons. The fourth-order valence-electron chi connectivity index (χ4n) is 4.28. The molecule has 1 aromatic heterocycles. The van der Waals surface area contributed by atoms with Crippen molar-refractivity contribution in [3.05, 3.63) is 16.0 Å². The number of carboxylic acids is 1. The number of aliphatic carboxylic acids is 1. The molecule has 7 heteroatoms. The van der Waals surface area contributed by atoms with Crippen LogP contribution in [0.2, 0.25) is 0 Å². The lowest BCUT2D eigenvalue weighted by Crippen LogP contribution is -2.42. The summed E-state index contributed by atoms with van der Waals surface area (Å²) in [6.45, 7) is 2.16. The minimum Gasteiger partial charge on any atom is -0.550 e. The van der Waals surface area contributed by atoms with Crippen molar-refractivity contribution in [2.45, 2.75) is 58.3 Å². The maximum Gasteiger partial charge on any atom is 0.251 e. The van der Waals surface area contributed by atoms with Gasteiger partial charge in [0.1, 0.15) is 5.00 Å². The number of nitrogens with one attached hydrogen (secondary N) is 1. The number of anilines is 1. The number of nitrogens with two attached hydrogens (primary N) is 1. The third kappa shape index (κ3) is 3.63. The van der Waals surface area contributed by atoms with Gasteiger partial charge in [0, 0.05) is 22.7 Å². The largest absolute Gasteiger partial charge is 0.550 e. The number of carbonyl (C=O) groups is 3. The molecule has 1 fully saturated rings. The van der Waals surface area contributed by atoms with Gasteiger partial charge in [0.15, 0.2) is 0 Å². The van der Waals surface area contributed by atoms with Crippen molar-refractivity contribution in [1.29, 1.82) is 0 Å². The van der Waals surface area contributed by atoms with Crippen molar-refractivity contribution >= 4 is 34.1 Å². The van der Waals surface area contributed by atoms with Crippen LogP contribution >= 0.6 is 11.3 Å². The summed E-state index contributed by atoms with van der Waals surface area (Å²) in [7, 11) is 0. The number of primary amides is 1. The highest BCUT2D eigenvalue weighted by atomic mass is 32.1. The molecule has 0 unspecified atom stereocenters. The molecule has 0 aromatic carbocycles. The molecular formula is C19H25N2O4S-. The zero-order valence-corrected chi connectivity index (χ0v) is 15.8. The lowest BCUT2D eigenvalue weighted by Gasteiger charge is -2.31. The molecule has 0 aliphatic heterocycles. The Hall–Kier alpha value is -1.89. The molecule has 0 spiro atoms. The first kappa shape index (κ1) is 18.9. The van der Waals surface area contributed by atoms with Crippen molar-refractivity contribution in [2.24, 2.45) is 23.5 Å². The summed E-state index contributed by atoms with van der Waals surface area (Å²) >= 11 is 1.42. The number of carboxylic acid groups (broad SMARTS) is 1. The highest BCUT2D eigenvalue weighted by Gasteiger charge is 2.34. The molecule has 2 aliphatic rings. The predicted molar refractivity (Wildman–Crippen MR) is 97.7 cm³/mol. The van der Waals surface area contributed by atoms with E-state index in [0.29, 0.717) is 29.3 Å². The van der Waals surface area contributed by atoms with Crippen molar-refractivity contribution in [1.82, 2.24) is 0 Å². The van der Waals surface area contributed by atoms with Crippen LogP contribution in [0.15, 0.2) is 0 Å². The molecule has 1 saturated carbocycles. The minimum absolute atomic E-state index is 0.341. The molecule has 2 aliphatic carbocycles. The van der Waals surface area contributed by atoms with Gasteiger partial charge >= 0.3 is 0 Å². The second kappa shape index (κ2) is 7.78. The number of amides is 2. The number of hydrogen-bond acceptors (Lipinski definition) is 5. The van der Waals surface area contributed by atoms with E-state index in [0.717, 1.165) is 49.0 Å². The Morgan fingerprint density at radius 3 is 2.50 bits per heavy atom. The van der Waals surface area contributed by atoms with Gasteiger partial charge in [-0.2, -0.15) is 0 Å². The van der Waals surface area contributed by atoms with Gasteiger partial charge in [-0.15, -0.1) is 11.3 Å². The summed E-state index contributed by atoms with van der Waals surface area (Å²) in [4.78, 5) is 37.2. The van der Waals surface area contributed by atoms with Gasteiger partial charge in [0.2, 0.25) is 5.91 Å². The molecule has 26 heavy (non-hydrogen) atoms. The van der Waals surface area contributed by atoms with E-state index in [1.54, 1.807) is 0 Å². The molecular weight excluding hydrogens is 352 g/mol. The van der Waals surface area contributed by atoms with Crippen LogP contribution in [0.3, 0.4) is 0 Å². The average molecular weight is 377 g/mol. The van der Waals surface area contributed by atoms with Gasteiger partial charge in [0.05, 0.1) is 5.56 Å². The zero-order chi connectivity index (χ0) is 18.8. The molecule has 0 radical (unpaired) electrons. The van der Waals surface area contributed by atoms with Crippen LogP contribution in [-0.4, -0.2) is 17.8 Å². The summed E-state index contributed by atoms with van der Waals surface area (Å²) in [6, 6.07) is 0. The predicted octanol–water partition coefficient (Wildman–Crippen LogP) is 1.86. The third-order valence-corrected chi connectivity index (χ3v) is 7.00. The summed E-state index contributed by atoms with van der Waals surface area (Å²) in [5.74, 6) is -2.83. The van der Waals surface area contributed by atoms with Crippen LogP contribution in [0.1, 0.15) is 66.2 Å². The molecule has 2 amide bonds. The molecule has 0 bridgehead atoms. The van der Waals surface area contributed by atoms with E-state index in [1.165, 1.54) is 11.3 Å². The summed E-state index contributed by atoms with van der Waals surface area (Å²) in [5.41, 5.74) is 6.96. The number of fused-ring (bicyclic) bond motifs is 1. The van der Waals surface area contributed by atoms with Crippen LogP contribution in [-0.2, 0) is 22.4 Å². The minimum atomic E-state index is -1.17. The van der Waals surface area contributed by atoms with Gasteiger partial charge in [-0.1, -0.05) is 26.2 Å². The Labute approximate surface area is 157 Å². The van der Waals surface area contributed by atoms with Gasteiger partial charge in [-0.05, 0) is 43.6 Å². The molecule has 3 N–H and O–H groups in total. The quantitative estimate of drug-likeness (QED) is 0.815. The zero-order valence-electron chi connectivity index (χ0n) is 15.0. The van der Waals surface area contributed by atoms with Crippen molar-refractivity contribution in [2.75, 3.05) is 5.32 Å². The maximum atomic E-state index is 12.7. The smallest absolute Gasteiger partial charge is 0.251 e. The van der Waals surface area contributed by atoms with Gasteiger partial charge in [-0.25, -0.2) is 0 Å². The molecule has 1 aromatic rings. The Balaban J connectivity index is 1.85. The summed E-state index contributed by atoms with van der Waals surface area (Å²) < 4.78 is 0. The van der Waals surface area contributed by atoms with E-state index in [1.807, 2.05) is 0 Å². The van der Waals surface area contributed by atoms with Crippen LogP contribution in [0.4, 0.5) is 5.00 Å². The Morgan fingerprint density at radius 2 is 1.88 bits per heavy atom. The Kier molecular flexibility index (Phi) is 5.65. The normalized spacial score (nSPS) is 25.3. The Morgan fingerprint density at radius 1 is 1.19 bits per heavy atom. The molecule has 3 rings (SSSR count). The molecule has 3 atom stereocenters. The maximum absolute atomic E-state index is 12.7. The van der Waals surface area contributed by atoms with E-state index < -0.39 is 23.7 Å². The lowest BCUT2D eigenvalue weighted by atomic mass is 9.78. The first-order chi connectivity index (χ1) is 12.4. The standard InChI is InChI=1S/C19H26N2O4S/c1-2-10-7-8-13-14(9-10)26-18(15(13)16(20)22)21-17(23)11-5-3-4-6-12(11)19(24)25/h10-12H,2-9H2,1H3,(H2,20,22)(H,21,23)(H,24,25)/p-1/t10-,11-,12+/m1/s1.